The van der Waals surface area contributed by atoms with Gasteiger partial charge >= 0.3 is 5.97 Å². The van der Waals surface area contributed by atoms with Crippen molar-refractivity contribution in [2.45, 2.75) is 20.8 Å². The lowest BCUT2D eigenvalue weighted by Crippen LogP contribution is -2.11. The molecule has 0 aliphatic rings. The largest absolute Gasteiger partial charge is 0.490 e. The van der Waals surface area contributed by atoms with Crippen LogP contribution in [0.2, 0.25) is 0 Å². The summed E-state index contributed by atoms with van der Waals surface area (Å²) in [4.78, 5) is 12.5. The van der Waals surface area contributed by atoms with E-state index in [1.165, 1.54) is 6.07 Å². The number of ether oxygens (including phenoxy) is 2. The molecular weight excluding hydrogens is 430 g/mol. The Bertz CT molecular complexity index is 805. The molecule has 0 saturated carbocycles. The number of carbonyl (C=O) groups is 1. The van der Waals surface area contributed by atoms with E-state index < -0.39 is 5.97 Å². The van der Waals surface area contributed by atoms with Crippen molar-refractivity contribution in [2.24, 2.45) is 0 Å². The van der Waals surface area contributed by atoms with Crippen LogP contribution >= 0.6 is 31.9 Å². The normalized spacial score (nSPS) is 10.3. The summed E-state index contributed by atoms with van der Waals surface area (Å²) in [5.41, 5.74) is 0.720. The summed E-state index contributed by atoms with van der Waals surface area (Å²) in [5.74, 6) is 1.03. The molecule has 120 valence electrons. The summed E-state index contributed by atoms with van der Waals surface area (Å²) in [7, 11) is 0. The maximum Gasteiger partial charge on any atom is 0.348 e. The molecular formula is C16H13Br2NO4. The van der Waals surface area contributed by atoms with Crippen LogP contribution < -0.4 is 9.47 Å². The quantitative estimate of drug-likeness (QED) is 0.496. The van der Waals surface area contributed by atoms with Crippen LogP contribution in [0, 0.1) is 25.2 Å². The minimum absolute atomic E-state index is 0.223. The standard InChI is InChI=1S/C16H13Br2NO4/c1-4-21-12-6-10(7-19)5-11(17)15(12)23-16(20)13-8(2)22-9(3)14(13)18/h5-6H,4H2,1-3H3. The molecule has 0 N–H and O–H groups in total. The van der Waals surface area contributed by atoms with Crippen LogP contribution in [0.4, 0.5) is 0 Å². The Morgan fingerprint density at radius 1 is 1.30 bits per heavy atom. The van der Waals surface area contributed by atoms with E-state index in [1.54, 1.807) is 26.8 Å². The van der Waals surface area contributed by atoms with Gasteiger partial charge in [0.25, 0.3) is 0 Å². The number of halogens is 2. The first kappa shape index (κ1) is 17.6. The summed E-state index contributed by atoms with van der Waals surface area (Å²) < 4.78 is 17.4. The summed E-state index contributed by atoms with van der Waals surface area (Å²) in [6.07, 6.45) is 0. The number of hydrogen-bond acceptors (Lipinski definition) is 5. The van der Waals surface area contributed by atoms with Gasteiger partial charge in [0.05, 0.1) is 27.2 Å². The average molecular weight is 443 g/mol. The second-order valence-corrected chi connectivity index (χ2v) is 6.27. The van der Waals surface area contributed by atoms with Crippen molar-refractivity contribution in [2.75, 3.05) is 6.61 Å². The summed E-state index contributed by atoms with van der Waals surface area (Å²) in [6, 6.07) is 5.12. The molecule has 5 nitrogen and oxygen atoms in total. The SMILES string of the molecule is CCOc1cc(C#N)cc(Br)c1OC(=O)c1c(C)oc(C)c1Br. The molecule has 0 amide bonds. The molecule has 1 heterocycles. The zero-order valence-electron chi connectivity index (χ0n) is 12.7. The van der Waals surface area contributed by atoms with E-state index in [0.717, 1.165) is 0 Å². The monoisotopic (exact) mass is 441 g/mol. The second-order valence-electron chi connectivity index (χ2n) is 4.62. The van der Waals surface area contributed by atoms with Gasteiger partial charge in [0.15, 0.2) is 11.5 Å². The van der Waals surface area contributed by atoms with Gasteiger partial charge in [0.2, 0.25) is 0 Å². The Hall–Kier alpha value is -1.78. The summed E-state index contributed by atoms with van der Waals surface area (Å²) in [5, 5.41) is 9.03. The molecule has 7 heteroatoms. The van der Waals surface area contributed by atoms with E-state index in [4.69, 9.17) is 19.2 Å². The van der Waals surface area contributed by atoms with Crippen molar-refractivity contribution in [1.82, 2.24) is 0 Å². The molecule has 23 heavy (non-hydrogen) atoms. The first-order chi connectivity index (χ1) is 10.9. The smallest absolute Gasteiger partial charge is 0.348 e. The van der Waals surface area contributed by atoms with Gasteiger partial charge in [-0.15, -0.1) is 0 Å². The first-order valence-electron chi connectivity index (χ1n) is 6.73. The van der Waals surface area contributed by atoms with Crippen LogP contribution in [0.15, 0.2) is 25.5 Å². The highest BCUT2D eigenvalue weighted by Gasteiger charge is 2.24. The van der Waals surface area contributed by atoms with Crippen LogP contribution in [-0.2, 0) is 0 Å². The minimum Gasteiger partial charge on any atom is -0.490 e. The van der Waals surface area contributed by atoms with Crippen molar-refractivity contribution in [1.29, 1.82) is 5.26 Å². The molecule has 1 aromatic carbocycles. The van der Waals surface area contributed by atoms with E-state index in [9.17, 15) is 4.79 Å². The van der Waals surface area contributed by atoms with E-state index in [0.29, 0.717) is 43.9 Å². The van der Waals surface area contributed by atoms with Gasteiger partial charge in [0.1, 0.15) is 17.1 Å². The molecule has 0 spiro atoms. The average Bonchev–Trinajstić information content (AvgIpc) is 2.75. The van der Waals surface area contributed by atoms with Gasteiger partial charge in [0, 0.05) is 6.07 Å². The van der Waals surface area contributed by atoms with E-state index in [-0.39, 0.29) is 5.75 Å². The first-order valence-corrected chi connectivity index (χ1v) is 8.31. The fourth-order valence-electron chi connectivity index (χ4n) is 2.03. The Morgan fingerprint density at radius 3 is 2.52 bits per heavy atom. The Kier molecular flexibility index (Phi) is 5.50. The number of aryl methyl sites for hydroxylation is 2. The lowest BCUT2D eigenvalue weighted by atomic mass is 10.2. The van der Waals surface area contributed by atoms with Crippen molar-refractivity contribution in [3.8, 4) is 17.6 Å². The molecule has 1 aromatic heterocycles. The number of hydrogen-bond donors (Lipinski definition) is 0. The van der Waals surface area contributed by atoms with Crippen molar-refractivity contribution in [3.63, 3.8) is 0 Å². The van der Waals surface area contributed by atoms with Crippen LogP contribution in [-0.4, -0.2) is 12.6 Å². The molecule has 0 bridgehead atoms. The van der Waals surface area contributed by atoms with Gasteiger partial charge < -0.3 is 13.9 Å². The maximum atomic E-state index is 12.5. The minimum atomic E-state index is -0.572. The third-order valence-corrected chi connectivity index (χ3v) is 4.57. The molecule has 2 rings (SSSR count). The number of rotatable bonds is 4. The predicted octanol–water partition coefficient (Wildman–Crippen LogP) is 4.91. The third-order valence-electron chi connectivity index (χ3n) is 3.02. The topological polar surface area (TPSA) is 72.5 Å². The molecule has 0 fully saturated rings. The van der Waals surface area contributed by atoms with E-state index in [1.807, 2.05) is 6.07 Å². The number of nitriles is 1. The molecule has 2 aromatic rings. The summed E-state index contributed by atoms with van der Waals surface area (Å²) in [6.45, 7) is 5.61. The highest BCUT2D eigenvalue weighted by atomic mass is 79.9. The zero-order valence-corrected chi connectivity index (χ0v) is 15.9. The van der Waals surface area contributed by atoms with Gasteiger partial charge in [-0.2, -0.15) is 5.26 Å². The van der Waals surface area contributed by atoms with Crippen LogP contribution in [0.1, 0.15) is 34.4 Å². The Morgan fingerprint density at radius 2 is 2.00 bits per heavy atom. The van der Waals surface area contributed by atoms with Crippen molar-refractivity contribution < 1.29 is 18.7 Å². The summed E-state index contributed by atoms with van der Waals surface area (Å²) >= 11 is 6.63. The fourth-order valence-corrected chi connectivity index (χ4v) is 3.07. The molecule has 0 aliphatic heterocycles. The van der Waals surface area contributed by atoms with E-state index >= 15 is 0 Å². The lowest BCUT2D eigenvalue weighted by molar-refractivity contribution is 0.0724. The zero-order chi connectivity index (χ0) is 17.1. The molecule has 0 unspecified atom stereocenters. The predicted molar refractivity (Wildman–Crippen MR) is 90.9 cm³/mol. The van der Waals surface area contributed by atoms with Gasteiger partial charge in [-0.25, -0.2) is 4.79 Å². The molecule has 0 aliphatic carbocycles. The number of carbonyl (C=O) groups excluding carboxylic acids is 1. The second kappa shape index (κ2) is 7.20. The third kappa shape index (κ3) is 3.59. The number of benzene rings is 1. The number of nitrogens with zero attached hydrogens (tertiary/aromatic N) is 1. The van der Waals surface area contributed by atoms with Crippen molar-refractivity contribution in [3.05, 3.63) is 43.7 Å². The maximum absolute atomic E-state index is 12.5. The van der Waals surface area contributed by atoms with Gasteiger partial charge in [-0.1, -0.05) is 0 Å². The highest BCUT2D eigenvalue weighted by molar-refractivity contribution is 9.11. The Labute approximate surface area is 150 Å². The number of furan rings is 1. The van der Waals surface area contributed by atoms with Gasteiger partial charge in [-0.3, -0.25) is 0 Å². The fraction of sp³-hybridized carbons (Fsp3) is 0.250. The van der Waals surface area contributed by atoms with Gasteiger partial charge in [-0.05, 0) is 58.7 Å². The Balaban J connectivity index is 2.43. The molecule has 0 atom stereocenters. The highest BCUT2D eigenvalue weighted by Crippen LogP contribution is 2.38. The number of esters is 1. The van der Waals surface area contributed by atoms with E-state index in [2.05, 4.69) is 31.9 Å². The van der Waals surface area contributed by atoms with Crippen LogP contribution in [0.3, 0.4) is 0 Å². The van der Waals surface area contributed by atoms with Crippen LogP contribution in [0.25, 0.3) is 0 Å². The molecule has 0 radical (unpaired) electrons. The molecule has 0 saturated heterocycles. The van der Waals surface area contributed by atoms with Crippen molar-refractivity contribution >= 4 is 37.8 Å². The van der Waals surface area contributed by atoms with Crippen LogP contribution in [0.5, 0.6) is 11.5 Å². The lowest BCUT2D eigenvalue weighted by Gasteiger charge is -2.12.